The molecule has 0 saturated carbocycles. The third-order valence-corrected chi connectivity index (χ3v) is 4.45. The Kier molecular flexibility index (Phi) is 5.16. The van der Waals surface area contributed by atoms with E-state index in [0.717, 1.165) is 25.3 Å². The second-order valence-corrected chi connectivity index (χ2v) is 6.23. The van der Waals surface area contributed by atoms with Crippen molar-refractivity contribution in [1.82, 2.24) is 4.90 Å². The van der Waals surface area contributed by atoms with Crippen LogP contribution in [-0.4, -0.2) is 35.0 Å². The third kappa shape index (κ3) is 3.64. The lowest BCUT2D eigenvalue weighted by atomic mass is 9.89. The van der Waals surface area contributed by atoms with Crippen LogP contribution in [0.1, 0.15) is 53.8 Å². The molecule has 1 amide bonds. The molecule has 1 saturated heterocycles. The zero-order chi connectivity index (χ0) is 16.3. The van der Waals surface area contributed by atoms with E-state index < -0.39 is 11.8 Å². The van der Waals surface area contributed by atoms with Gasteiger partial charge in [0.25, 0.3) is 5.91 Å². The van der Waals surface area contributed by atoms with Crippen LogP contribution in [-0.2, 0) is 0 Å². The van der Waals surface area contributed by atoms with Gasteiger partial charge in [-0.15, -0.1) is 0 Å². The Morgan fingerprint density at radius 2 is 2.00 bits per heavy atom. The maximum absolute atomic E-state index is 14.0. The van der Waals surface area contributed by atoms with Crippen LogP contribution < -0.4 is 0 Å². The van der Waals surface area contributed by atoms with Crippen LogP contribution in [0.15, 0.2) is 18.2 Å². The van der Waals surface area contributed by atoms with Gasteiger partial charge in [0.1, 0.15) is 5.82 Å². The van der Waals surface area contributed by atoms with E-state index in [9.17, 15) is 14.0 Å². The zero-order valence-corrected chi connectivity index (χ0v) is 13.0. The Balaban J connectivity index is 2.13. The molecule has 5 heteroatoms. The number of rotatable bonds is 3. The normalized spacial score (nSPS) is 19.1. The molecule has 1 aromatic rings. The second-order valence-electron chi connectivity index (χ2n) is 6.23. The molecule has 4 nitrogen and oxygen atoms in total. The highest BCUT2D eigenvalue weighted by Crippen LogP contribution is 2.25. The smallest absolute Gasteiger partial charge is 0.335 e. The van der Waals surface area contributed by atoms with E-state index in [-0.39, 0.29) is 17.0 Å². The van der Waals surface area contributed by atoms with Crippen molar-refractivity contribution >= 4 is 11.9 Å². The maximum Gasteiger partial charge on any atom is 0.335 e. The lowest BCUT2D eigenvalue weighted by molar-refractivity contribution is 0.0692. The van der Waals surface area contributed by atoms with Gasteiger partial charge in [-0.25, -0.2) is 9.18 Å². The molecule has 22 heavy (non-hydrogen) atoms. The molecule has 1 unspecified atom stereocenters. The number of likely N-dealkylation sites (tertiary alicyclic amines) is 1. The van der Waals surface area contributed by atoms with Gasteiger partial charge in [0.05, 0.1) is 11.1 Å². The minimum atomic E-state index is -1.20. The van der Waals surface area contributed by atoms with Crippen molar-refractivity contribution in [2.75, 3.05) is 13.1 Å². The summed E-state index contributed by atoms with van der Waals surface area (Å²) in [6.07, 6.45) is 2.93. The fourth-order valence-electron chi connectivity index (χ4n) is 2.98. The van der Waals surface area contributed by atoms with Gasteiger partial charge in [0.2, 0.25) is 0 Å². The average Bonchev–Trinajstić information content (AvgIpc) is 2.72. The summed E-state index contributed by atoms with van der Waals surface area (Å²) in [6.45, 7) is 5.63. The Morgan fingerprint density at radius 1 is 1.27 bits per heavy atom. The summed E-state index contributed by atoms with van der Waals surface area (Å²) < 4.78 is 14.0. The molecule has 1 aliphatic heterocycles. The van der Waals surface area contributed by atoms with Crippen LogP contribution in [0, 0.1) is 17.7 Å². The maximum atomic E-state index is 14.0. The number of carbonyl (C=O) groups excluding carboxylic acids is 1. The molecule has 1 N–H and O–H groups in total. The topological polar surface area (TPSA) is 57.6 Å². The van der Waals surface area contributed by atoms with Crippen molar-refractivity contribution in [2.24, 2.45) is 11.8 Å². The first kappa shape index (κ1) is 16.5. The van der Waals surface area contributed by atoms with Gasteiger partial charge in [-0.1, -0.05) is 13.8 Å². The van der Waals surface area contributed by atoms with Crippen LogP contribution in [0.25, 0.3) is 0 Å². The molecule has 0 aliphatic carbocycles. The van der Waals surface area contributed by atoms with E-state index in [1.165, 1.54) is 12.1 Å². The number of benzene rings is 1. The van der Waals surface area contributed by atoms with E-state index in [2.05, 4.69) is 13.8 Å². The summed E-state index contributed by atoms with van der Waals surface area (Å²) in [5.74, 6) is -1.14. The van der Waals surface area contributed by atoms with E-state index in [0.29, 0.717) is 24.9 Å². The first-order chi connectivity index (χ1) is 10.4. The van der Waals surface area contributed by atoms with E-state index in [1.54, 1.807) is 4.90 Å². The number of carboxylic acids is 1. The molecule has 120 valence electrons. The first-order valence-electron chi connectivity index (χ1n) is 7.72. The molecule has 1 fully saturated rings. The molecule has 1 aliphatic rings. The number of hydrogen-bond acceptors (Lipinski definition) is 2. The summed E-state index contributed by atoms with van der Waals surface area (Å²) in [5.41, 5.74) is -0.196. The van der Waals surface area contributed by atoms with Crippen molar-refractivity contribution in [3.05, 3.63) is 35.1 Å². The van der Waals surface area contributed by atoms with Crippen LogP contribution >= 0.6 is 0 Å². The van der Waals surface area contributed by atoms with Gasteiger partial charge in [-0.05, 0) is 49.3 Å². The molecule has 0 aromatic heterocycles. The van der Waals surface area contributed by atoms with Crippen molar-refractivity contribution in [3.8, 4) is 0 Å². The van der Waals surface area contributed by atoms with Crippen molar-refractivity contribution in [3.63, 3.8) is 0 Å². The SMILES string of the molecule is CC(C)C1CCCN(C(=O)c2ccc(C(=O)O)cc2F)CC1. The van der Waals surface area contributed by atoms with Crippen molar-refractivity contribution in [2.45, 2.75) is 33.1 Å². The number of carboxylic acid groups (broad SMARTS) is 1. The van der Waals surface area contributed by atoms with Gasteiger partial charge in [0, 0.05) is 13.1 Å². The Hall–Kier alpha value is -1.91. The molecule has 2 rings (SSSR count). The molecule has 0 spiro atoms. The standard InChI is InChI=1S/C17H22FNO3/c1-11(2)12-4-3-8-19(9-7-12)16(20)14-6-5-13(17(21)22)10-15(14)18/h5-6,10-12H,3-4,7-9H2,1-2H3,(H,21,22). The minimum absolute atomic E-state index is 0.0482. The molecule has 1 heterocycles. The molecule has 0 bridgehead atoms. The van der Waals surface area contributed by atoms with Gasteiger partial charge in [-0.2, -0.15) is 0 Å². The van der Waals surface area contributed by atoms with E-state index in [1.807, 2.05) is 0 Å². The van der Waals surface area contributed by atoms with Crippen LogP contribution in [0.3, 0.4) is 0 Å². The minimum Gasteiger partial charge on any atom is -0.478 e. The summed E-state index contributed by atoms with van der Waals surface area (Å²) in [4.78, 5) is 25.0. The summed E-state index contributed by atoms with van der Waals surface area (Å²) in [6, 6.07) is 3.45. The quantitative estimate of drug-likeness (QED) is 0.931. The van der Waals surface area contributed by atoms with Gasteiger partial charge in [-0.3, -0.25) is 4.79 Å². The summed E-state index contributed by atoms with van der Waals surface area (Å²) in [7, 11) is 0. The molecular formula is C17H22FNO3. The Morgan fingerprint density at radius 3 is 2.59 bits per heavy atom. The van der Waals surface area contributed by atoms with E-state index >= 15 is 0 Å². The van der Waals surface area contributed by atoms with Gasteiger partial charge in [0.15, 0.2) is 0 Å². The third-order valence-electron chi connectivity index (χ3n) is 4.45. The van der Waals surface area contributed by atoms with Crippen LogP contribution in [0.4, 0.5) is 4.39 Å². The van der Waals surface area contributed by atoms with Gasteiger partial charge >= 0.3 is 5.97 Å². The molecule has 1 atom stereocenters. The molecule has 1 aromatic carbocycles. The highest BCUT2D eigenvalue weighted by Gasteiger charge is 2.25. The summed E-state index contributed by atoms with van der Waals surface area (Å²) >= 11 is 0. The predicted molar refractivity (Wildman–Crippen MR) is 81.4 cm³/mol. The predicted octanol–water partition coefficient (Wildman–Crippen LogP) is 3.42. The average molecular weight is 307 g/mol. The largest absolute Gasteiger partial charge is 0.478 e. The fourth-order valence-corrected chi connectivity index (χ4v) is 2.98. The first-order valence-corrected chi connectivity index (χ1v) is 7.72. The molecule has 0 radical (unpaired) electrons. The lowest BCUT2D eigenvalue weighted by Crippen LogP contribution is -2.32. The van der Waals surface area contributed by atoms with Crippen LogP contribution in [0.5, 0.6) is 0 Å². The van der Waals surface area contributed by atoms with Crippen molar-refractivity contribution in [1.29, 1.82) is 0 Å². The monoisotopic (exact) mass is 307 g/mol. The van der Waals surface area contributed by atoms with Gasteiger partial charge < -0.3 is 10.0 Å². The Labute approximate surface area is 129 Å². The van der Waals surface area contributed by atoms with Crippen molar-refractivity contribution < 1.29 is 19.1 Å². The fraction of sp³-hybridized carbons (Fsp3) is 0.529. The highest BCUT2D eigenvalue weighted by atomic mass is 19.1. The van der Waals surface area contributed by atoms with E-state index in [4.69, 9.17) is 5.11 Å². The second kappa shape index (κ2) is 6.90. The number of halogens is 1. The number of nitrogens with zero attached hydrogens (tertiary/aromatic N) is 1. The number of amides is 1. The Bertz CT molecular complexity index is 571. The highest BCUT2D eigenvalue weighted by molar-refractivity contribution is 5.96. The number of carbonyl (C=O) groups is 2. The van der Waals surface area contributed by atoms with Crippen LogP contribution in [0.2, 0.25) is 0 Å². The zero-order valence-electron chi connectivity index (χ0n) is 13.0. The number of aromatic carboxylic acids is 1. The number of hydrogen-bond donors (Lipinski definition) is 1. The summed E-state index contributed by atoms with van der Waals surface area (Å²) in [5, 5.41) is 8.84. The lowest BCUT2D eigenvalue weighted by Gasteiger charge is -2.22. The molecular weight excluding hydrogens is 285 g/mol.